The van der Waals surface area contributed by atoms with Crippen LogP contribution < -0.4 is 5.73 Å². The lowest BCUT2D eigenvalue weighted by Gasteiger charge is -2.01. The van der Waals surface area contributed by atoms with Gasteiger partial charge in [0.05, 0.1) is 0 Å². The molecule has 5 heteroatoms. The molecule has 0 atom stereocenters. The summed E-state index contributed by atoms with van der Waals surface area (Å²) in [7, 11) is 0. The van der Waals surface area contributed by atoms with Crippen LogP contribution >= 0.6 is 11.8 Å². The maximum Gasteiger partial charge on any atom is 0.137 e. The van der Waals surface area contributed by atoms with Gasteiger partial charge in [-0.25, -0.2) is 14.4 Å². The molecule has 0 saturated carbocycles. The highest BCUT2D eigenvalue weighted by atomic mass is 32.2. The van der Waals surface area contributed by atoms with E-state index in [9.17, 15) is 4.39 Å². The van der Waals surface area contributed by atoms with Crippen LogP contribution in [0.25, 0.3) is 0 Å². The van der Waals surface area contributed by atoms with Crippen molar-refractivity contribution < 1.29 is 4.39 Å². The molecule has 0 bridgehead atoms. The Morgan fingerprint density at radius 1 is 1.20 bits per heavy atom. The topological polar surface area (TPSA) is 51.8 Å². The Morgan fingerprint density at radius 2 is 2.00 bits per heavy atom. The van der Waals surface area contributed by atoms with Crippen molar-refractivity contribution in [3.05, 3.63) is 42.5 Å². The van der Waals surface area contributed by atoms with E-state index in [1.807, 2.05) is 0 Å². The Hall–Kier alpha value is -1.62. The highest BCUT2D eigenvalue weighted by Crippen LogP contribution is 2.28. The third-order valence-electron chi connectivity index (χ3n) is 1.71. The lowest BCUT2D eigenvalue weighted by atomic mass is 10.3. The summed E-state index contributed by atoms with van der Waals surface area (Å²) in [6, 6.07) is 8.13. The minimum Gasteiger partial charge on any atom is -0.384 e. The molecule has 2 N–H and O–H groups in total. The molecule has 0 aliphatic heterocycles. The summed E-state index contributed by atoms with van der Waals surface area (Å²) in [5, 5.41) is 0.632. The predicted molar refractivity (Wildman–Crippen MR) is 57.0 cm³/mol. The van der Waals surface area contributed by atoms with Gasteiger partial charge in [0.25, 0.3) is 0 Å². The van der Waals surface area contributed by atoms with E-state index in [0.717, 1.165) is 0 Å². The predicted octanol–water partition coefficient (Wildman–Crippen LogP) is 2.35. The van der Waals surface area contributed by atoms with Gasteiger partial charge in [-0.05, 0) is 12.1 Å². The molecule has 0 aliphatic rings. The molecular formula is C10H8FN3S. The van der Waals surface area contributed by atoms with Crippen LogP contribution in [0.5, 0.6) is 0 Å². The van der Waals surface area contributed by atoms with Gasteiger partial charge in [0.2, 0.25) is 0 Å². The molecule has 3 nitrogen and oxygen atoms in total. The summed E-state index contributed by atoms with van der Waals surface area (Å²) in [5.41, 5.74) is 5.49. The van der Waals surface area contributed by atoms with Crippen molar-refractivity contribution in [1.82, 2.24) is 9.97 Å². The number of hydrogen-bond acceptors (Lipinski definition) is 4. The third-order valence-corrected chi connectivity index (χ3v) is 2.70. The number of hydrogen-bond donors (Lipinski definition) is 1. The highest BCUT2D eigenvalue weighted by molar-refractivity contribution is 7.99. The fourth-order valence-corrected chi connectivity index (χ4v) is 1.87. The van der Waals surface area contributed by atoms with Crippen molar-refractivity contribution in [3.63, 3.8) is 0 Å². The average Bonchev–Trinajstić information content (AvgIpc) is 2.22. The standard InChI is InChI=1S/C10H8FN3S/c11-7-3-1-2-4-8(7)15-10-5-9(12)13-6-14-10/h1-6H,(H2,12,13,14). The van der Waals surface area contributed by atoms with E-state index in [-0.39, 0.29) is 5.82 Å². The first-order valence-corrected chi connectivity index (χ1v) is 5.07. The number of anilines is 1. The van der Waals surface area contributed by atoms with Crippen LogP contribution in [0.15, 0.2) is 46.6 Å². The summed E-state index contributed by atoms with van der Waals surface area (Å²) in [5.74, 6) is 0.114. The van der Waals surface area contributed by atoms with E-state index in [2.05, 4.69) is 9.97 Å². The Bertz CT molecular complexity index is 476. The van der Waals surface area contributed by atoms with Crippen molar-refractivity contribution in [3.8, 4) is 0 Å². The molecule has 0 amide bonds. The van der Waals surface area contributed by atoms with Crippen molar-refractivity contribution in [2.75, 3.05) is 5.73 Å². The molecule has 2 rings (SSSR count). The number of benzene rings is 1. The van der Waals surface area contributed by atoms with Crippen LogP contribution in [0.1, 0.15) is 0 Å². The van der Waals surface area contributed by atoms with Gasteiger partial charge in [-0.15, -0.1) is 0 Å². The molecule has 15 heavy (non-hydrogen) atoms. The van der Waals surface area contributed by atoms with Crippen molar-refractivity contribution >= 4 is 17.6 Å². The largest absolute Gasteiger partial charge is 0.384 e. The molecule has 0 spiro atoms. The zero-order valence-electron chi connectivity index (χ0n) is 7.72. The monoisotopic (exact) mass is 221 g/mol. The minimum atomic E-state index is -0.264. The fourth-order valence-electron chi connectivity index (χ4n) is 1.05. The summed E-state index contributed by atoms with van der Waals surface area (Å²) < 4.78 is 13.3. The van der Waals surface area contributed by atoms with Crippen LogP contribution in [0.2, 0.25) is 0 Å². The van der Waals surface area contributed by atoms with Gasteiger partial charge in [-0.2, -0.15) is 0 Å². The molecule has 1 aromatic carbocycles. The normalized spacial score (nSPS) is 10.2. The Labute approximate surface area is 90.6 Å². The van der Waals surface area contributed by atoms with Crippen LogP contribution in [-0.2, 0) is 0 Å². The smallest absolute Gasteiger partial charge is 0.137 e. The number of halogens is 1. The van der Waals surface area contributed by atoms with Gasteiger partial charge >= 0.3 is 0 Å². The summed E-state index contributed by atoms with van der Waals surface area (Å²) in [6.45, 7) is 0. The van der Waals surface area contributed by atoms with Gasteiger partial charge in [-0.3, -0.25) is 0 Å². The Kier molecular flexibility index (Phi) is 2.82. The van der Waals surface area contributed by atoms with E-state index in [1.54, 1.807) is 24.3 Å². The summed E-state index contributed by atoms with van der Waals surface area (Å²) >= 11 is 1.22. The number of aromatic nitrogens is 2. The van der Waals surface area contributed by atoms with Crippen LogP contribution in [0.3, 0.4) is 0 Å². The third kappa shape index (κ3) is 2.44. The number of nitrogen functional groups attached to an aromatic ring is 1. The quantitative estimate of drug-likeness (QED) is 0.791. The number of nitrogens with zero attached hydrogens (tertiary/aromatic N) is 2. The van der Waals surface area contributed by atoms with Crippen LogP contribution in [-0.4, -0.2) is 9.97 Å². The van der Waals surface area contributed by atoms with Crippen LogP contribution in [0, 0.1) is 5.82 Å². The first kappa shape index (κ1) is 9.92. The van der Waals surface area contributed by atoms with E-state index < -0.39 is 0 Å². The first-order valence-electron chi connectivity index (χ1n) is 4.25. The first-order chi connectivity index (χ1) is 7.25. The maximum absolute atomic E-state index is 13.3. The van der Waals surface area contributed by atoms with Gasteiger partial charge in [0.15, 0.2) is 0 Å². The maximum atomic E-state index is 13.3. The minimum absolute atomic E-state index is 0.264. The van der Waals surface area contributed by atoms with E-state index in [4.69, 9.17) is 5.73 Å². The Balaban J connectivity index is 2.26. The van der Waals surface area contributed by atoms with E-state index in [1.165, 1.54) is 24.2 Å². The van der Waals surface area contributed by atoms with Crippen molar-refractivity contribution in [1.29, 1.82) is 0 Å². The SMILES string of the molecule is Nc1cc(Sc2ccccc2F)ncn1. The molecule has 0 radical (unpaired) electrons. The second kappa shape index (κ2) is 4.27. The zero-order valence-corrected chi connectivity index (χ0v) is 8.54. The summed E-state index contributed by atoms with van der Waals surface area (Å²) in [6.07, 6.45) is 1.36. The second-order valence-corrected chi connectivity index (χ2v) is 3.88. The number of rotatable bonds is 2. The van der Waals surface area contributed by atoms with Crippen molar-refractivity contribution in [2.45, 2.75) is 9.92 Å². The molecule has 0 saturated heterocycles. The van der Waals surface area contributed by atoms with Crippen molar-refractivity contribution in [2.24, 2.45) is 0 Å². The summed E-state index contributed by atoms with van der Waals surface area (Å²) in [4.78, 5) is 8.27. The van der Waals surface area contributed by atoms with Gasteiger partial charge in [0, 0.05) is 11.0 Å². The lowest BCUT2D eigenvalue weighted by molar-refractivity contribution is 0.602. The molecular weight excluding hydrogens is 213 g/mol. The zero-order chi connectivity index (χ0) is 10.7. The fraction of sp³-hybridized carbons (Fsp3) is 0. The van der Waals surface area contributed by atoms with Gasteiger partial charge < -0.3 is 5.73 Å². The lowest BCUT2D eigenvalue weighted by Crippen LogP contribution is -1.91. The Morgan fingerprint density at radius 3 is 2.73 bits per heavy atom. The highest BCUT2D eigenvalue weighted by Gasteiger charge is 2.04. The van der Waals surface area contributed by atoms with E-state index >= 15 is 0 Å². The van der Waals surface area contributed by atoms with Gasteiger partial charge in [0.1, 0.15) is 23.0 Å². The molecule has 0 fully saturated rings. The molecule has 1 heterocycles. The molecule has 0 aliphatic carbocycles. The number of nitrogens with two attached hydrogens (primary N) is 1. The molecule has 1 aromatic heterocycles. The van der Waals surface area contributed by atoms with Gasteiger partial charge in [-0.1, -0.05) is 23.9 Å². The average molecular weight is 221 g/mol. The van der Waals surface area contributed by atoms with E-state index in [0.29, 0.717) is 15.7 Å². The second-order valence-electron chi connectivity index (χ2n) is 2.81. The molecule has 0 unspecified atom stereocenters. The molecule has 76 valence electrons. The molecule has 2 aromatic rings. The van der Waals surface area contributed by atoms with Crippen LogP contribution in [0.4, 0.5) is 10.2 Å².